The third kappa shape index (κ3) is 66.7. The Morgan fingerprint density at radius 1 is 0.261 bits per heavy atom. The summed E-state index contributed by atoms with van der Waals surface area (Å²) in [6, 6.07) is 0. The third-order valence-corrected chi connectivity index (χ3v) is 19.0. The molecule has 0 heterocycles. The van der Waals surface area contributed by atoms with Gasteiger partial charge in [-0.2, -0.15) is 0 Å². The van der Waals surface area contributed by atoms with Gasteiger partial charge in [-0.05, 0) is 25.7 Å². The maximum absolute atomic E-state index is 13.0. The van der Waals surface area contributed by atoms with E-state index in [1.165, 1.54) is 212 Å². The third-order valence-electron chi connectivity index (χ3n) is 17.1. The summed E-state index contributed by atoms with van der Waals surface area (Å²) in [6.45, 7) is 4.88. The summed E-state index contributed by atoms with van der Waals surface area (Å²) in [5, 5.41) is 10.6. The van der Waals surface area contributed by atoms with Crippen molar-refractivity contribution in [3.05, 3.63) is 0 Å². The zero-order chi connectivity index (χ0) is 67.5. The molecule has 0 aromatic carbocycles. The Labute approximate surface area is 562 Å². The second kappa shape index (κ2) is 67.6. The molecule has 17 nitrogen and oxygen atoms in total. The fourth-order valence-corrected chi connectivity index (χ4v) is 12.8. The Bertz CT molecular complexity index is 1760. The molecular weight excluding hydrogens is 1210 g/mol. The topological polar surface area (TPSA) is 237 Å². The van der Waals surface area contributed by atoms with E-state index in [-0.39, 0.29) is 25.7 Å². The first kappa shape index (κ1) is 90.1. The number of carbonyl (C=O) groups is 4. The van der Waals surface area contributed by atoms with E-state index >= 15 is 0 Å². The minimum absolute atomic E-state index is 0.107. The van der Waals surface area contributed by atoms with Crippen molar-refractivity contribution in [2.75, 3.05) is 39.6 Å². The first-order valence-electron chi connectivity index (χ1n) is 38.3. The number of aliphatic hydroxyl groups is 1. The molecule has 0 amide bonds. The van der Waals surface area contributed by atoms with Crippen LogP contribution in [0.25, 0.3) is 0 Å². The van der Waals surface area contributed by atoms with Crippen molar-refractivity contribution in [2.24, 2.45) is 0 Å². The average molecular weight is 1350 g/mol. The van der Waals surface area contributed by atoms with E-state index in [9.17, 15) is 43.2 Å². The minimum Gasteiger partial charge on any atom is -0.462 e. The van der Waals surface area contributed by atoms with Crippen LogP contribution in [-0.4, -0.2) is 96.7 Å². The Hall–Kier alpha value is -1.94. The highest BCUT2D eigenvalue weighted by molar-refractivity contribution is 7.47. The predicted octanol–water partition coefficient (Wildman–Crippen LogP) is 21.4. The summed E-state index contributed by atoms with van der Waals surface area (Å²) in [5.41, 5.74) is 0. The molecule has 0 aromatic heterocycles. The van der Waals surface area contributed by atoms with Crippen LogP contribution in [0.15, 0.2) is 0 Å². The predicted molar refractivity (Wildman–Crippen MR) is 372 cm³/mol. The number of unbranched alkanes of at least 4 members (excludes halogenated alkanes) is 48. The molecule has 0 saturated carbocycles. The number of carbonyl (C=O) groups excluding carboxylic acids is 4. The summed E-state index contributed by atoms with van der Waals surface area (Å²) >= 11 is 0. The van der Waals surface area contributed by atoms with Gasteiger partial charge in [-0.1, -0.05) is 336 Å². The van der Waals surface area contributed by atoms with Gasteiger partial charge in [0.05, 0.1) is 26.4 Å². The van der Waals surface area contributed by atoms with Crippen molar-refractivity contribution >= 4 is 39.5 Å². The average Bonchev–Trinajstić information content (AvgIpc) is 2.54. The fourth-order valence-electron chi connectivity index (χ4n) is 11.2. The number of phosphoric acid groups is 2. The Kier molecular flexibility index (Phi) is 66.2. The molecule has 0 rings (SSSR count). The molecule has 19 heteroatoms. The van der Waals surface area contributed by atoms with Crippen LogP contribution >= 0.6 is 15.6 Å². The van der Waals surface area contributed by atoms with E-state index in [1.54, 1.807) is 0 Å². The van der Waals surface area contributed by atoms with E-state index in [1.807, 2.05) is 0 Å². The Balaban J connectivity index is 5.12. The lowest BCUT2D eigenvalue weighted by molar-refractivity contribution is -0.161. The maximum Gasteiger partial charge on any atom is 0.472 e. The first-order valence-corrected chi connectivity index (χ1v) is 41.3. The van der Waals surface area contributed by atoms with E-state index < -0.39 is 97.5 Å². The monoisotopic (exact) mass is 1350 g/mol. The van der Waals surface area contributed by atoms with Crippen molar-refractivity contribution in [3.63, 3.8) is 0 Å². The zero-order valence-electron chi connectivity index (χ0n) is 59.5. The van der Waals surface area contributed by atoms with Gasteiger partial charge in [0.15, 0.2) is 12.2 Å². The molecule has 3 N–H and O–H groups in total. The van der Waals surface area contributed by atoms with Crippen molar-refractivity contribution < 1.29 is 80.2 Å². The number of phosphoric ester groups is 2. The van der Waals surface area contributed by atoms with E-state index in [0.717, 1.165) is 96.3 Å². The van der Waals surface area contributed by atoms with Crippen LogP contribution in [0.4, 0.5) is 0 Å². The van der Waals surface area contributed by atoms with Crippen LogP contribution in [0.1, 0.15) is 387 Å². The quantitative estimate of drug-likeness (QED) is 0.0222. The first-order chi connectivity index (χ1) is 44.7. The number of aliphatic hydroxyl groups excluding tert-OH is 1. The summed E-state index contributed by atoms with van der Waals surface area (Å²) in [6.07, 6.45) is 57.3. The lowest BCUT2D eigenvalue weighted by Gasteiger charge is -2.21. The SMILES string of the molecule is CCCCCCCCCCCCCCCCCCCCCCC(=O)O[C@H](COC(=O)CCCCCCCCCCCCCCCC)COP(=O)(O)OC[C@@H](O)COP(=O)(O)OC[C@@H](COC(=O)CCCCCCC)OC(=O)CCCCCCCCCCCCCCC. The Morgan fingerprint density at radius 2 is 0.435 bits per heavy atom. The molecule has 0 aliphatic rings. The molecule has 0 fully saturated rings. The molecule has 2 unspecified atom stereocenters. The normalized spacial score (nSPS) is 13.9. The highest BCUT2D eigenvalue weighted by Crippen LogP contribution is 2.45. The smallest absolute Gasteiger partial charge is 0.462 e. The van der Waals surface area contributed by atoms with Gasteiger partial charge in [0.25, 0.3) is 0 Å². The lowest BCUT2D eigenvalue weighted by Crippen LogP contribution is -2.30. The van der Waals surface area contributed by atoms with E-state index in [4.69, 9.17) is 37.0 Å². The largest absolute Gasteiger partial charge is 0.472 e. The Morgan fingerprint density at radius 3 is 0.641 bits per heavy atom. The van der Waals surface area contributed by atoms with Gasteiger partial charge in [-0.15, -0.1) is 0 Å². The molecule has 5 atom stereocenters. The van der Waals surface area contributed by atoms with Gasteiger partial charge >= 0.3 is 39.5 Å². The standard InChI is InChI=1S/C73H142O17P2/c1-5-9-13-17-20-23-26-29-31-32-33-34-35-36-39-42-45-48-52-56-60-73(78)90-69(64-84-71(76)58-54-50-46-43-40-38-30-27-24-21-18-14-10-6-2)66-88-92(81,82)86-62-67(74)61-85-91(79,80)87-65-68(63-83-70(75)57-53-49-16-12-8-4)89-72(77)59-55-51-47-44-41-37-28-25-22-19-15-11-7-3/h67-69,74H,5-66H2,1-4H3,(H,79,80)(H,81,82)/t67-,68+,69+/m0/s1. The lowest BCUT2D eigenvalue weighted by atomic mass is 10.0. The van der Waals surface area contributed by atoms with Crippen molar-refractivity contribution in [2.45, 2.75) is 406 Å². The number of hydrogen-bond donors (Lipinski definition) is 3. The molecule has 92 heavy (non-hydrogen) atoms. The second-order valence-electron chi connectivity index (χ2n) is 26.3. The molecule has 0 aliphatic heterocycles. The van der Waals surface area contributed by atoms with Gasteiger partial charge in [-0.25, -0.2) is 9.13 Å². The summed E-state index contributed by atoms with van der Waals surface area (Å²) in [7, 11) is -9.89. The molecule has 0 spiro atoms. The molecule has 0 aromatic rings. The summed E-state index contributed by atoms with van der Waals surface area (Å²) < 4.78 is 68.2. The number of rotatable bonds is 74. The van der Waals surface area contributed by atoms with Crippen molar-refractivity contribution in [1.29, 1.82) is 0 Å². The van der Waals surface area contributed by atoms with Crippen LogP contribution < -0.4 is 0 Å². The molecule has 0 aliphatic carbocycles. The highest BCUT2D eigenvalue weighted by Gasteiger charge is 2.30. The number of hydrogen-bond acceptors (Lipinski definition) is 15. The summed E-state index contributed by atoms with van der Waals surface area (Å²) in [4.78, 5) is 72.4. The maximum atomic E-state index is 13.0. The van der Waals surface area contributed by atoms with E-state index in [2.05, 4.69) is 27.7 Å². The van der Waals surface area contributed by atoms with Crippen molar-refractivity contribution in [1.82, 2.24) is 0 Å². The van der Waals surface area contributed by atoms with Gasteiger partial charge in [0.2, 0.25) is 0 Å². The van der Waals surface area contributed by atoms with Crippen LogP contribution in [0.3, 0.4) is 0 Å². The fraction of sp³-hybridized carbons (Fsp3) is 0.945. The second-order valence-corrected chi connectivity index (χ2v) is 29.2. The number of ether oxygens (including phenoxy) is 4. The zero-order valence-corrected chi connectivity index (χ0v) is 61.3. The molecule has 0 radical (unpaired) electrons. The van der Waals surface area contributed by atoms with Crippen molar-refractivity contribution in [3.8, 4) is 0 Å². The van der Waals surface area contributed by atoms with Gasteiger partial charge in [-0.3, -0.25) is 37.3 Å². The van der Waals surface area contributed by atoms with Crippen LogP contribution in [0, 0.1) is 0 Å². The molecule has 0 bridgehead atoms. The van der Waals surface area contributed by atoms with Gasteiger partial charge in [0.1, 0.15) is 19.3 Å². The summed E-state index contributed by atoms with van der Waals surface area (Å²) in [5.74, 6) is -2.13. The highest BCUT2D eigenvalue weighted by atomic mass is 31.2. The van der Waals surface area contributed by atoms with Gasteiger partial charge in [0, 0.05) is 25.7 Å². The van der Waals surface area contributed by atoms with E-state index in [0.29, 0.717) is 25.7 Å². The van der Waals surface area contributed by atoms with Crippen LogP contribution in [-0.2, 0) is 65.4 Å². The van der Waals surface area contributed by atoms with Crippen LogP contribution in [0.5, 0.6) is 0 Å². The molecular formula is C73H142O17P2. The number of esters is 4. The van der Waals surface area contributed by atoms with Crippen LogP contribution in [0.2, 0.25) is 0 Å². The minimum atomic E-state index is -4.95. The molecule has 0 saturated heterocycles. The molecule has 546 valence electrons. The van der Waals surface area contributed by atoms with Gasteiger partial charge < -0.3 is 33.8 Å².